The van der Waals surface area contributed by atoms with E-state index in [1.807, 2.05) is 11.0 Å². The van der Waals surface area contributed by atoms with Gasteiger partial charge in [0.1, 0.15) is 5.75 Å². The second kappa shape index (κ2) is 7.91. The Labute approximate surface area is 166 Å². The molecule has 1 aromatic rings. The minimum absolute atomic E-state index is 0.175. The fourth-order valence-corrected chi connectivity index (χ4v) is 4.53. The second-order valence-corrected chi connectivity index (χ2v) is 7.84. The van der Waals surface area contributed by atoms with Crippen LogP contribution in [0.15, 0.2) is 18.2 Å². The van der Waals surface area contributed by atoms with Gasteiger partial charge in [-0.25, -0.2) is 4.79 Å². The van der Waals surface area contributed by atoms with Gasteiger partial charge in [-0.1, -0.05) is 6.07 Å². The van der Waals surface area contributed by atoms with Crippen LogP contribution in [0, 0.1) is 11.8 Å². The van der Waals surface area contributed by atoms with Crippen molar-refractivity contribution in [3.8, 4) is 5.75 Å². The minimum atomic E-state index is -4.76. The Hall–Kier alpha value is -2.20. The summed E-state index contributed by atoms with van der Waals surface area (Å²) in [5.74, 6) is 0.280. The molecule has 0 saturated carbocycles. The molecule has 0 spiro atoms. The van der Waals surface area contributed by atoms with Gasteiger partial charge in [-0.15, -0.1) is 13.2 Å². The molecule has 3 aliphatic rings. The first-order valence-electron chi connectivity index (χ1n) is 9.70. The van der Waals surface area contributed by atoms with E-state index in [1.54, 1.807) is 6.07 Å². The van der Waals surface area contributed by atoms with Gasteiger partial charge in [-0.05, 0) is 17.9 Å². The Morgan fingerprint density at radius 2 is 1.79 bits per heavy atom. The molecular weight excluding hydrogens is 391 g/mol. The number of alkyl halides is 3. The summed E-state index contributed by atoms with van der Waals surface area (Å²) in [6, 6.07) is 4.98. The average Bonchev–Trinajstić information content (AvgIpc) is 3.21. The van der Waals surface area contributed by atoms with Crippen LogP contribution in [0.1, 0.15) is 5.56 Å². The van der Waals surface area contributed by atoms with Crippen LogP contribution in [-0.4, -0.2) is 79.8 Å². The molecule has 4 rings (SSSR count). The summed E-state index contributed by atoms with van der Waals surface area (Å²) < 4.78 is 48.6. The second-order valence-electron chi connectivity index (χ2n) is 7.84. The summed E-state index contributed by atoms with van der Waals surface area (Å²) in [6.45, 7) is 4.99. The van der Waals surface area contributed by atoms with Crippen molar-refractivity contribution >= 4 is 11.8 Å². The van der Waals surface area contributed by atoms with Gasteiger partial charge in [0.05, 0.1) is 13.2 Å². The normalized spacial score (nSPS) is 25.3. The third-order valence-corrected chi connectivity index (χ3v) is 5.88. The van der Waals surface area contributed by atoms with E-state index >= 15 is 0 Å². The molecule has 0 aromatic heterocycles. The number of morpholine rings is 1. The van der Waals surface area contributed by atoms with Crippen LogP contribution >= 0.6 is 0 Å². The predicted octanol–water partition coefficient (Wildman–Crippen LogP) is 2.46. The van der Waals surface area contributed by atoms with Crippen LogP contribution in [0.2, 0.25) is 0 Å². The number of amides is 1. The molecule has 1 aromatic carbocycles. The van der Waals surface area contributed by atoms with E-state index in [4.69, 9.17) is 9.84 Å². The Bertz CT molecular complexity index is 741. The summed E-state index contributed by atoms with van der Waals surface area (Å²) in [7, 11) is 0. The molecular formula is C19H24F3N3O4. The quantitative estimate of drug-likeness (QED) is 0.815. The summed E-state index contributed by atoms with van der Waals surface area (Å²) in [5.41, 5.74) is 1.17. The molecule has 3 fully saturated rings. The van der Waals surface area contributed by atoms with E-state index in [0.29, 0.717) is 70.3 Å². The molecule has 10 heteroatoms. The summed E-state index contributed by atoms with van der Waals surface area (Å²) in [6.07, 6.45) is -5.67. The molecule has 0 radical (unpaired) electrons. The lowest BCUT2D eigenvalue weighted by atomic mass is 10.0. The largest absolute Gasteiger partial charge is 0.573 e. The van der Waals surface area contributed by atoms with Crippen molar-refractivity contribution in [1.29, 1.82) is 0 Å². The van der Waals surface area contributed by atoms with E-state index in [1.165, 1.54) is 11.0 Å². The highest BCUT2D eigenvalue weighted by atomic mass is 19.4. The number of ether oxygens (including phenoxy) is 2. The number of halogens is 3. The summed E-state index contributed by atoms with van der Waals surface area (Å²) in [5, 5.41) is 9.12. The van der Waals surface area contributed by atoms with Crippen LogP contribution in [0.3, 0.4) is 0 Å². The maximum atomic E-state index is 13.0. The van der Waals surface area contributed by atoms with Gasteiger partial charge in [0.2, 0.25) is 0 Å². The SMILES string of the molecule is O=C(O)N1CC2CN(Cc3ccc(N4CCOCC4)cc3OC(F)(F)F)CC2C1. The Morgan fingerprint density at radius 3 is 2.38 bits per heavy atom. The van der Waals surface area contributed by atoms with Gasteiger partial charge >= 0.3 is 12.5 Å². The fraction of sp³-hybridized carbons (Fsp3) is 0.632. The molecule has 3 heterocycles. The van der Waals surface area contributed by atoms with E-state index in [9.17, 15) is 18.0 Å². The third kappa shape index (κ3) is 4.69. The molecule has 3 saturated heterocycles. The maximum absolute atomic E-state index is 13.0. The highest BCUT2D eigenvalue weighted by Crippen LogP contribution is 2.35. The highest BCUT2D eigenvalue weighted by Gasteiger charge is 2.42. The zero-order valence-electron chi connectivity index (χ0n) is 15.9. The summed E-state index contributed by atoms with van der Waals surface area (Å²) >= 11 is 0. The molecule has 0 aliphatic carbocycles. The van der Waals surface area contributed by atoms with Gasteiger partial charge in [0.15, 0.2) is 0 Å². The molecule has 1 amide bonds. The molecule has 29 heavy (non-hydrogen) atoms. The molecule has 3 aliphatic heterocycles. The first kappa shape index (κ1) is 20.1. The average molecular weight is 415 g/mol. The van der Waals surface area contributed by atoms with Crippen LogP contribution < -0.4 is 9.64 Å². The van der Waals surface area contributed by atoms with Crippen molar-refractivity contribution in [2.75, 3.05) is 57.4 Å². The van der Waals surface area contributed by atoms with Crippen LogP contribution in [0.25, 0.3) is 0 Å². The number of fused-ring (bicyclic) bond motifs is 1. The molecule has 1 N–H and O–H groups in total. The number of nitrogens with zero attached hydrogens (tertiary/aromatic N) is 3. The van der Waals surface area contributed by atoms with E-state index in [2.05, 4.69) is 9.64 Å². The van der Waals surface area contributed by atoms with E-state index in [-0.39, 0.29) is 17.6 Å². The Morgan fingerprint density at radius 1 is 1.14 bits per heavy atom. The lowest BCUT2D eigenvalue weighted by Crippen LogP contribution is -2.36. The predicted molar refractivity (Wildman–Crippen MR) is 98.0 cm³/mol. The number of hydrogen-bond donors (Lipinski definition) is 1. The number of anilines is 1. The van der Waals surface area contributed by atoms with Gasteiger partial charge in [0, 0.05) is 63.1 Å². The van der Waals surface area contributed by atoms with Crippen molar-refractivity contribution in [3.05, 3.63) is 23.8 Å². The topological polar surface area (TPSA) is 65.5 Å². The fourth-order valence-electron chi connectivity index (χ4n) is 4.53. The van der Waals surface area contributed by atoms with Crippen molar-refractivity contribution in [2.45, 2.75) is 12.9 Å². The van der Waals surface area contributed by atoms with E-state index < -0.39 is 12.5 Å². The van der Waals surface area contributed by atoms with Gasteiger partial charge in [0.25, 0.3) is 0 Å². The van der Waals surface area contributed by atoms with Crippen molar-refractivity contribution in [3.63, 3.8) is 0 Å². The molecule has 7 nitrogen and oxygen atoms in total. The van der Waals surface area contributed by atoms with Crippen molar-refractivity contribution in [2.24, 2.45) is 11.8 Å². The lowest BCUT2D eigenvalue weighted by molar-refractivity contribution is -0.275. The number of likely N-dealkylation sites (tertiary alicyclic amines) is 2. The number of carbonyl (C=O) groups is 1. The van der Waals surface area contributed by atoms with Crippen LogP contribution in [0.4, 0.5) is 23.7 Å². The van der Waals surface area contributed by atoms with Crippen LogP contribution in [0.5, 0.6) is 5.75 Å². The number of carboxylic acid groups (broad SMARTS) is 1. The number of rotatable bonds is 4. The monoisotopic (exact) mass is 415 g/mol. The van der Waals surface area contributed by atoms with Gasteiger partial charge in [-0.3, -0.25) is 4.90 Å². The van der Waals surface area contributed by atoms with E-state index in [0.717, 1.165) is 0 Å². The first-order valence-corrected chi connectivity index (χ1v) is 9.70. The first-order chi connectivity index (χ1) is 13.8. The summed E-state index contributed by atoms with van der Waals surface area (Å²) in [4.78, 5) is 16.6. The van der Waals surface area contributed by atoms with Crippen LogP contribution in [-0.2, 0) is 11.3 Å². The smallest absolute Gasteiger partial charge is 0.465 e. The number of hydrogen-bond acceptors (Lipinski definition) is 5. The molecule has 2 unspecified atom stereocenters. The zero-order valence-corrected chi connectivity index (χ0v) is 15.9. The Kier molecular flexibility index (Phi) is 5.48. The highest BCUT2D eigenvalue weighted by molar-refractivity contribution is 5.65. The number of benzene rings is 1. The molecule has 160 valence electrons. The minimum Gasteiger partial charge on any atom is -0.465 e. The van der Waals surface area contributed by atoms with Crippen molar-refractivity contribution in [1.82, 2.24) is 9.80 Å². The maximum Gasteiger partial charge on any atom is 0.573 e. The lowest BCUT2D eigenvalue weighted by Gasteiger charge is -2.30. The standard InChI is InChI=1S/C19H24F3N3O4/c20-19(21,22)29-17-7-16(24-3-5-28-6-4-24)2-1-13(17)8-23-9-14-11-25(18(26)27)12-15(14)10-23/h1-2,7,14-15H,3-6,8-12H2,(H,26,27). The molecule has 0 bridgehead atoms. The van der Waals surface area contributed by atoms with Gasteiger partial charge < -0.3 is 24.4 Å². The van der Waals surface area contributed by atoms with Crippen molar-refractivity contribution < 1.29 is 32.5 Å². The molecule has 2 atom stereocenters. The zero-order chi connectivity index (χ0) is 20.6. The Balaban J connectivity index is 1.47. The third-order valence-electron chi connectivity index (χ3n) is 5.88. The van der Waals surface area contributed by atoms with Gasteiger partial charge in [-0.2, -0.15) is 0 Å².